The molecule has 2 atom stereocenters. The summed E-state index contributed by atoms with van der Waals surface area (Å²) in [6.07, 6.45) is 15.6. The number of hydrogen-bond acceptors (Lipinski definition) is 0. The van der Waals surface area contributed by atoms with Crippen LogP contribution in [0, 0.1) is 17.3 Å². The monoisotopic (exact) mass is 290 g/mol. The maximum atomic E-state index is 2.47. The third-order valence-electron chi connectivity index (χ3n) is 4.96. The molecular weight excluding hydrogens is 252 g/mol. The Morgan fingerprint density at radius 2 is 1.90 bits per heavy atom. The van der Waals surface area contributed by atoms with Crippen molar-refractivity contribution in [3.8, 4) is 0 Å². The van der Waals surface area contributed by atoms with Crippen molar-refractivity contribution in [2.75, 3.05) is 0 Å². The third kappa shape index (κ3) is 7.34. The van der Waals surface area contributed by atoms with Gasteiger partial charge in [-0.2, -0.15) is 0 Å². The maximum Gasteiger partial charge on any atom is -0.0282 e. The highest BCUT2D eigenvalue weighted by molar-refractivity contribution is 5.22. The van der Waals surface area contributed by atoms with Crippen LogP contribution in [0.15, 0.2) is 23.3 Å². The molecule has 2 unspecified atom stereocenters. The van der Waals surface area contributed by atoms with Crippen LogP contribution in [0.2, 0.25) is 0 Å². The van der Waals surface area contributed by atoms with Gasteiger partial charge in [0.2, 0.25) is 0 Å². The van der Waals surface area contributed by atoms with Crippen LogP contribution in [0.3, 0.4) is 0 Å². The second kappa shape index (κ2) is 8.81. The van der Waals surface area contributed by atoms with Gasteiger partial charge in [-0.1, -0.05) is 63.8 Å². The predicted molar refractivity (Wildman–Crippen MR) is 96.6 cm³/mol. The first-order valence-electron chi connectivity index (χ1n) is 9.18. The lowest BCUT2D eigenvalue weighted by atomic mass is 9.67. The van der Waals surface area contributed by atoms with Crippen LogP contribution in [0.4, 0.5) is 0 Å². The van der Waals surface area contributed by atoms with Gasteiger partial charge in [-0.05, 0) is 69.6 Å². The molecule has 0 saturated heterocycles. The van der Waals surface area contributed by atoms with Gasteiger partial charge in [-0.3, -0.25) is 0 Å². The van der Waals surface area contributed by atoms with Crippen molar-refractivity contribution in [2.24, 2.45) is 17.3 Å². The van der Waals surface area contributed by atoms with Crippen LogP contribution in [0.25, 0.3) is 0 Å². The Bertz CT molecular complexity index is 356. The molecule has 0 aromatic carbocycles. The quantitative estimate of drug-likeness (QED) is 0.340. The standard InChI is InChI=1S/C21H38/c1-7-9-10-11-19(8-2)12-17(3)13-20-14-18(4)15-21(5,6)16-20/h8,12,18,20H,7,9-11,13-16H2,1-6H3/b17-12-,19-8-. The highest BCUT2D eigenvalue weighted by Gasteiger charge is 2.31. The molecule has 0 nitrogen and oxygen atoms in total. The van der Waals surface area contributed by atoms with Crippen molar-refractivity contribution < 1.29 is 0 Å². The first-order valence-corrected chi connectivity index (χ1v) is 9.18. The minimum atomic E-state index is 0.549. The maximum absolute atomic E-state index is 2.47. The van der Waals surface area contributed by atoms with Crippen molar-refractivity contribution in [1.82, 2.24) is 0 Å². The van der Waals surface area contributed by atoms with Crippen molar-refractivity contribution in [3.63, 3.8) is 0 Å². The predicted octanol–water partition coefficient (Wildman–Crippen LogP) is 7.31. The van der Waals surface area contributed by atoms with E-state index in [1.807, 2.05) is 0 Å². The van der Waals surface area contributed by atoms with E-state index in [9.17, 15) is 0 Å². The molecule has 1 saturated carbocycles. The lowest BCUT2D eigenvalue weighted by molar-refractivity contribution is 0.133. The zero-order valence-electron chi connectivity index (χ0n) is 15.5. The lowest BCUT2D eigenvalue weighted by Gasteiger charge is -2.39. The van der Waals surface area contributed by atoms with Gasteiger partial charge in [0.15, 0.2) is 0 Å². The molecule has 1 aliphatic carbocycles. The van der Waals surface area contributed by atoms with E-state index in [2.05, 4.69) is 53.7 Å². The molecule has 0 spiro atoms. The molecule has 0 heterocycles. The Morgan fingerprint density at radius 3 is 2.48 bits per heavy atom. The van der Waals surface area contributed by atoms with E-state index in [0.29, 0.717) is 5.41 Å². The summed E-state index contributed by atoms with van der Waals surface area (Å²) in [5.41, 5.74) is 3.69. The molecule has 0 amide bonds. The summed E-state index contributed by atoms with van der Waals surface area (Å²) in [6.45, 7) is 14.2. The first-order chi connectivity index (χ1) is 9.86. The zero-order valence-corrected chi connectivity index (χ0v) is 15.5. The largest absolute Gasteiger partial charge is 0.0844 e. The fourth-order valence-electron chi connectivity index (χ4n) is 4.41. The SMILES string of the molecule is C/C=C(\C=C(\C)CC1CC(C)CC(C)(C)C1)CCCCC. The molecule has 0 aliphatic heterocycles. The van der Waals surface area contributed by atoms with Gasteiger partial charge in [0.25, 0.3) is 0 Å². The number of hydrogen-bond donors (Lipinski definition) is 0. The molecule has 21 heavy (non-hydrogen) atoms. The molecule has 1 fully saturated rings. The van der Waals surface area contributed by atoms with Crippen LogP contribution in [-0.2, 0) is 0 Å². The molecule has 1 rings (SSSR count). The van der Waals surface area contributed by atoms with Crippen LogP contribution < -0.4 is 0 Å². The minimum Gasteiger partial charge on any atom is -0.0844 e. The lowest BCUT2D eigenvalue weighted by Crippen LogP contribution is -2.27. The van der Waals surface area contributed by atoms with E-state index in [-0.39, 0.29) is 0 Å². The summed E-state index contributed by atoms with van der Waals surface area (Å²) in [4.78, 5) is 0. The fourth-order valence-corrected chi connectivity index (χ4v) is 4.41. The summed E-state index contributed by atoms with van der Waals surface area (Å²) in [5, 5.41) is 0. The fraction of sp³-hybridized carbons (Fsp3) is 0.810. The Balaban J connectivity index is 2.54. The summed E-state index contributed by atoms with van der Waals surface area (Å²) < 4.78 is 0. The molecule has 0 aromatic heterocycles. The molecule has 122 valence electrons. The summed E-state index contributed by atoms with van der Waals surface area (Å²) in [7, 11) is 0. The Kier molecular flexibility index (Phi) is 7.77. The van der Waals surface area contributed by atoms with E-state index in [1.54, 1.807) is 11.1 Å². The van der Waals surface area contributed by atoms with Gasteiger partial charge < -0.3 is 0 Å². The molecule has 0 heteroatoms. The summed E-state index contributed by atoms with van der Waals surface area (Å²) in [5.74, 6) is 1.80. The van der Waals surface area contributed by atoms with Crippen molar-refractivity contribution in [1.29, 1.82) is 0 Å². The molecule has 0 N–H and O–H groups in total. The Hall–Kier alpha value is -0.520. The molecule has 1 aliphatic rings. The highest BCUT2D eigenvalue weighted by Crippen LogP contribution is 2.43. The van der Waals surface area contributed by atoms with E-state index in [4.69, 9.17) is 0 Å². The van der Waals surface area contributed by atoms with Crippen LogP contribution >= 0.6 is 0 Å². The van der Waals surface area contributed by atoms with Gasteiger partial charge in [0.05, 0.1) is 0 Å². The van der Waals surface area contributed by atoms with Crippen LogP contribution in [0.1, 0.15) is 92.9 Å². The number of unbranched alkanes of at least 4 members (excludes halogenated alkanes) is 2. The number of allylic oxidation sites excluding steroid dienone is 4. The summed E-state index contributed by atoms with van der Waals surface area (Å²) >= 11 is 0. The molecule has 0 bridgehead atoms. The average molecular weight is 291 g/mol. The smallest absolute Gasteiger partial charge is 0.0282 e. The number of rotatable bonds is 7. The van der Waals surface area contributed by atoms with Gasteiger partial charge in [0.1, 0.15) is 0 Å². The molecule has 0 aromatic rings. The second-order valence-electron chi connectivity index (χ2n) is 8.29. The average Bonchev–Trinajstić information content (AvgIpc) is 2.35. The Morgan fingerprint density at radius 1 is 1.19 bits per heavy atom. The minimum absolute atomic E-state index is 0.549. The normalized spacial score (nSPS) is 27.0. The zero-order chi connectivity index (χ0) is 15.9. The van der Waals surface area contributed by atoms with Crippen molar-refractivity contribution in [2.45, 2.75) is 92.9 Å². The summed E-state index contributed by atoms with van der Waals surface area (Å²) in [6, 6.07) is 0. The van der Waals surface area contributed by atoms with E-state index < -0.39 is 0 Å². The van der Waals surface area contributed by atoms with Crippen molar-refractivity contribution in [3.05, 3.63) is 23.3 Å². The van der Waals surface area contributed by atoms with Gasteiger partial charge >= 0.3 is 0 Å². The van der Waals surface area contributed by atoms with Gasteiger partial charge in [-0.15, -0.1) is 0 Å². The highest BCUT2D eigenvalue weighted by atomic mass is 14.4. The second-order valence-corrected chi connectivity index (χ2v) is 8.29. The van der Waals surface area contributed by atoms with Gasteiger partial charge in [-0.25, -0.2) is 0 Å². The first kappa shape index (κ1) is 18.5. The molecule has 0 radical (unpaired) electrons. The van der Waals surface area contributed by atoms with Crippen molar-refractivity contribution >= 4 is 0 Å². The molecular formula is C21H38. The van der Waals surface area contributed by atoms with Crippen LogP contribution in [0.5, 0.6) is 0 Å². The third-order valence-corrected chi connectivity index (χ3v) is 4.96. The van der Waals surface area contributed by atoms with E-state index in [0.717, 1.165) is 11.8 Å². The van der Waals surface area contributed by atoms with Gasteiger partial charge in [0, 0.05) is 0 Å². The van der Waals surface area contributed by atoms with E-state index >= 15 is 0 Å². The topological polar surface area (TPSA) is 0 Å². The van der Waals surface area contributed by atoms with E-state index in [1.165, 1.54) is 51.4 Å². The van der Waals surface area contributed by atoms with Crippen LogP contribution in [-0.4, -0.2) is 0 Å². The Labute approximate surface area is 134 Å².